The molecule has 7 heteroatoms. The summed E-state index contributed by atoms with van der Waals surface area (Å²) in [6.07, 6.45) is 4.31. The molecule has 7 aromatic heterocycles. The van der Waals surface area contributed by atoms with E-state index in [0.29, 0.717) is 5.95 Å². The third-order valence-electron chi connectivity index (χ3n) is 13.0. The van der Waals surface area contributed by atoms with Crippen LogP contribution >= 0.6 is 22.7 Å². The molecular formula is C52H28N4OS2. The second-order valence-corrected chi connectivity index (χ2v) is 18.0. The number of fused-ring (bicyclic) bond motifs is 10. The van der Waals surface area contributed by atoms with Gasteiger partial charge < -0.3 is 8.82 Å². The van der Waals surface area contributed by atoms with E-state index in [-0.39, 0.29) is 0 Å². The molecule has 0 atom stereocenters. The first-order valence-electron chi connectivity index (χ1n) is 20.1. The minimum absolute atomic E-state index is 0.681. The Morgan fingerprint density at radius 3 is 2.17 bits per heavy atom. The normalized spacial score (nSPS) is 13.4. The number of rotatable bonds is 3. The smallest absolute Gasteiger partial charge is 0.235 e. The van der Waals surface area contributed by atoms with Gasteiger partial charge in [-0.3, -0.25) is 4.57 Å². The summed E-state index contributed by atoms with van der Waals surface area (Å²) in [4.78, 5) is 11.3. The molecule has 0 saturated carbocycles. The fraction of sp³-hybridized carbons (Fsp3) is 0.0385. The molecule has 0 fully saturated rings. The summed E-state index contributed by atoms with van der Waals surface area (Å²) in [6.45, 7) is 0. The summed E-state index contributed by atoms with van der Waals surface area (Å²) in [5.41, 5.74) is 11.9. The zero-order valence-corrected chi connectivity index (χ0v) is 32.9. The number of nitrogens with zero attached hydrogens (tertiary/aromatic N) is 4. The number of furan rings is 1. The van der Waals surface area contributed by atoms with Crippen LogP contribution in [0.3, 0.4) is 0 Å². The zero-order chi connectivity index (χ0) is 38.1. The lowest BCUT2D eigenvalue weighted by Gasteiger charge is -2.12. The molecule has 0 N–H and O–H groups in total. The number of hydrogen-bond acceptors (Lipinski definition) is 5. The average Bonchev–Trinajstić information content (AvgIpc) is 4.09. The van der Waals surface area contributed by atoms with Crippen LogP contribution < -0.4 is 5.35 Å². The molecule has 0 unspecified atom stereocenters. The Kier molecular flexibility index (Phi) is 5.73. The number of aryl methyl sites for hydroxylation is 1. The van der Waals surface area contributed by atoms with Gasteiger partial charge >= 0.3 is 0 Å². The van der Waals surface area contributed by atoms with Gasteiger partial charge in [0.2, 0.25) is 5.95 Å². The molecule has 5 nitrogen and oxygen atoms in total. The van der Waals surface area contributed by atoms with E-state index in [1.54, 1.807) is 11.3 Å². The molecule has 0 aliphatic heterocycles. The number of para-hydroxylation sites is 3. The molecule has 1 aliphatic rings. The Bertz CT molecular complexity index is 4200. The van der Waals surface area contributed by atoms with E-state index in [1.165, 1.54) is 68.5 Å². The van der Waals surface area contributed by atoms with Crippen molar-refractivity contribution >= 4 is 129 Å². The molecule has 59 heavy (non-hydrogen) atoms. The largest absolute Gasteiger partial charge is 0.455 e. The molecular weight excluding hydrogens is 761 g/mol. The van der Waals surface area contributed by atoms with Crippen LogP contribution in [0.2, 0.25) is 0 Å². The van der Waals surface area contributed by atoms with E-state index in [4.69, 9.17) is 14.4 Å². The molecule has 0 bridgehead atoms. The van der Waals surface area contributed by atoms with E-state index in [0.717, 1.165) is 78.3 Å². The first-order valence-corrected chi connectivity index (χ1v) is 21.8. The van der Waals surface area contributed by atoms with Crippen molar-refractivity contribution in [2.45, 2.75) is 12.8 Å². The second kappa shape index (κ2) is 10.9. The SMILES string of the molecule is C1=c2c3c(n4c5ccccc5c5ccc6sc7ccc(c3c7c6c54)n2-c2nc(-c3cccc4c3oc3c(-c5ccccc5)cccc34)c3sc4ccccc4c3n2)CC1. The third-order valence-corrected chi connectivity index (χ3v) is 15.2. The Hall–Kier alpha value is -7.06. The van der Waals surface area contributed by atoms with Crippen molar-refractivity contribution < 1.29 is 4.42 Å². The van der Waals surface area contributed by atoms with Crippen molar-refractivity contribution in [3.63, 3.8) is 0 Å². The lowest BCUT2D eigenvalue weighted by molar-refractivity contribution is 0.671. The van der Waals surface area contributed by atoms with Crippen LogP contribution in [0.15, 0.2) is 144 Å². The molecule has 15 rings (SSSR count). The van der Waals surface area contributed by atoms with Gasteiger partial charge in [-0.1, -0.05) is 109 Å². The number of hydrogen-bond donors (Lipinski definition) is 0. The highest BCUT2D eigenvalue weighted by molar-refractivity contribution is 7.26. The molecule has 0 radical (unpaired) electrons. The minimum Gasteiger partial charge on any atom is -0.455 e. The second-order valence-electron chi connectivity index (χ2n) is 15.9. The van der Waals surface area contributed by atoms with Gasteiger partial charge in [0.05, 0.1) is 37.8 Å². The summed E-state index contributed by atoms with van der Waals surface area (Å²) in [5.74, 6) is 0.681. The summed E-state index contributed by atoms with van der Waals surface area (Å²) < 4.78 is 16.9. The van der Waals surface area contributed by atoms with Crippen molar-refractivity contribution in [1.82, 2.24) is 18.9 Å². The zero-order valence-electron chi connectivity index (χ0n) is 31.3. The number of thiophene rings is 2. The van der Waals surface area contributed by atoms with Gasteiger partial charge in [0.25, 0.3) is 0 Å². The van der Waals surface area contributed by atoms with Crippen LogP contribution in [0.4, 0.5) is 0 Å². The van der Waals surface area contributed by atoms with E-state index in [1.807, 2.05) is 11.3 Å². The van der Waals surface area contributed by atoms with E-state index in [9.17, 15) is 0 Å². The van der Waals surface area contributed by atoms with Crippen LogP contribution in [-0.2, 0) is 6.42 Å². The van der Waals surface area contributed by atoms with Crippen molar-refractivity contribution in [2.75, 3.05) is 0 Å². The molecule has 0 saturated heterocycles. The lowest BCUT2D eigenvalue weighted by atomic mass is 10.0. The molecule has 274 valence electrons. The Morgan fingerprint density at radius 2 is 1.27 bits per heavy atom. The monoisotopic (exact) mass is 788 g/mol. The van der Waals surface area contributed by atoms with Gasteiger partial charge in [-0.25, -0.2) is 9.97 Å². The Morgan fingerprint density at radius 1 is 0.525 bits per heavy atom. The fourth-order valence-corrected chi connectivity index (χ4v) is 12.8. The maximum atomic E-state index is 7.02. The summed E-state index contributed by atoms with van der Waals surface area (Å²) >= 11 is 3.66. The van der Waals surface area contributed by atoms with E-state index >= 15 is 0 Å². The number of aromatic nitrogens is 4. The third kappa shape index (κ3) is 3.81. The van der Waals surface area contributed by atoms with Gasteiger partial charge in [-0.15, -0.1) is 22.7 Å². The molecule has 14 aromatic rings. The first kappa shape index (κ1) is 31.0. The van der Waals surface area contributed by atoms with Crippen molar-refractivity contribution in [3.8, 4) is 28.3 Å². The van der Waals surface area contributed by atoms with Gasteiger partial charge in [-0.2, -0.15) is 0 Å². The van der Waals surface area contributed by atoms with Gasteiger partial charge in [-0.05, 0) is 54.8 Å². The highest BCUT2D eigenvalue weighted by Gasteiger charge is 2.29. The molecule has 7 aromatic carbocycles. The van der Waals surface area contributed by atoms with E-state index < -0.39 is 0 Å². The summed E-state index contributed by atoms with van der Waals surface area (Å²) in [7, 11) is 0. The van der Waals surface area contributed by atoms with Crippen LogP contribution in [-0.4, -0.2) is 18.9 Å². The predicted octanol–water partition coefficient (Wildman–Crippen LogP) is 13.8. The lowest BCUT2D eigenvalue weighted by Crippen LogP contribution is -2.21. The Labute approximate surface area is 342 Å². The van der Waals surface area contributed by atoms with Crippen LogP contribution in [0, 0.1) is 0 Å². The van der Waals surface area contributed by atoms with Gasteiger partial charge in [0, 0.05) is 79.4 Å². The Balaban J connectivity index is 1.10. The quantitative estimate of drug-likeness (QED) is 0.179. The van der Waals surface area contributed by atoms with Crippen molar-refractivity contribution in [1.29, 1.82) is 0 Å². The van der Waals surface area contributed by atoms with Crippen molar-refractivity contribution in [2.24, 2.45) is 0 Å². The summed E-state index contributed by atoms with van der Waals surface area (Å²) in [6, 6.07) is 50.4. The first-order chi connectivity index (χ1) is 29.3. The topological polar surface area (TPSA) is 48.3 Å². The fourth-order valence-electron chi connectivity index (χ4n) is 10.6. The van der Waals surface area contributed by atoms with Gasteiger partial charge in [0.1, 0.15) is 11.2 Å². The predicted molar refractivity (Wildman–Crippen MR) is 248 cm³/mol. The molecule has 0 amide bonds. The maximum Gasteiger partial charge on any atom is 0.235 e. The maximum absolute atomic E-state index is 7.02. The average molecular weight is 789 g/mol. The molecule has 1 aliphatic carbocycles. The summed E-state index contributed by atoms with van der Waals surface area (Å²) in [5, 5.41) is 12.4. The number of benzene rings is 7. The minimum atomic E-state index is 0.681. The van der Waals surface area contributed by atoms with Gasteiger partial charge in [0.15, 0.2) is 0 Å². The molecule has 0 spiro atoms. The highest BCUT2D eigenvalue weighted by Crippen LogP contribution is 2.49. The van der Waals surface area contributed by atoms with Crippen molar-refractivity contribution in [3.05, 3.63) is 151 Å². The van der Waals surface area contributed by atoms with Crippen LogP contribution in [0.1, 0.15) is 12.1 Å². The van der Waals surface area contributed by atoms with Crippen LogP contribution in [0.25, 0.3) is 135 Å². The molecule has 7 heterocycles. The highest BCUT2D eigenvalue weighted by atomic mass is 32.1. The van der Waals surface area contributed by atoms with Crippen LogP contribution in [0.5, 0.6) is 0 Å². The van der Waals surface area contributed by atoms with E-state index in [2.05, 4.69) is 155 Å². The standard InChI is InChI=1S/C52H28N4OS2/c1-2-11-27(12-3-1)28-15-8-16-31-32-17-9-18-34(50(32)57-49(28)31)47-51-46(33-14-5-7-22-39(33)59-51)53-52(54-47)56-37-21-10-20-36-42(37)43-38(56)24-26-40-44(43)45-41(58-40)25-23-30-29-13-4-6-19-35(29)55(36)48(30)45/h1-9,11-19,21-26H,10,20H2.